The normalized spacial score (nSPS) is 14.1. The Hall–Kier alpha value is -1.78. The molecule has 2 heterocycles. The average molecular weight is 390 g/mol. The third-order valence-electron chi connectivity index (χ3n) is 4.30. The zero-order valence-corrected chi connectivity index (χ0v) is 14.6. The number of carbonyl (C=O) groups is 1. The van der Waals surface area contributed by atoms with E-state index in [9.17, 15) is 4.79 Å². The highest BCUT2D eigenvalue weighted by Crippen LogP contribution is 2.30. The lowest BCUT2D eigenvalue weighted by molar-refractivity contribution is 0.0735. The molecule has 1 amide bonds. The maximum Gasteiger partial charge on any atom is 0.254 e. The molecule has 0 atom stereocenters. The predicted octanol–water partition coefficient (Wildman–Crippen LogP) is 4.78. The molecule has 2 aromatic carbocycles. The van der Waals surface area contributed by atoms with Crippen molar-refractivity contribution in [1.29, 1.82) is 0 Å². The van der Waals surface area contributed by atoms with Crippen molar-refractivity contribution in [2.75, 3.05) is 6.54 Å². The second-order valence-electron chi connectivity index (χ2n) is 5.76. The Labute approximate surface area is 147 Å². The molecule has 0 unspecified atom stereocenters. The van der Waals surface area contributed by atoms with Crippen LogP contribution in [0.4, 0.5) is 0 Å². The van der Waals surface area contributed by atoms with E-state index in [4.69, 9.17) is 11.6 Å². The summed E-state index contributed by atoms with van der Waals surface area (Å²) < 4.78 is 0.917. The van der Waals surface area contributed by atoms with Crippen LogP contribution in [0.3, 0.4) is 0 Å². The number of benzene rings is 2. The van der Waals surface area contributed by atoms with Crippen LogP contribution in [0.1, 0.15) is 21.6 Å². The summed E-state index contributed by atoms with van der Waals surface area (Å²) >= 11 is 9.55. The van der Waals surface area contributed by atoms with Crippen molar-refractivity contribution in [2.45, 2.75) is 13.0 Å². The van der Waals surface area contributed by atoms with Crippen molar-refractivity contribution in [2.24, 2.45) is 0 Å². The van der Waals surface area contributed by atoms with Crippen molar-refractivity contribution in [3.63, 3.8) is 0 Å². The van der Waals surface area contributed by atoms with Gasteiger partial charge in [0.05, 0.1) is 0 Å². The van der Waals surface area contributed by atoms with Crippen molar-refractivity contribution < 1.29 is 4.79 Å². The largest absolute Gasteiger partial charge is 0.358 e. The van der Waals surface area contributed by atoms with Crippen LogP contribution in [0.25, 0.3) is 10.9 Å². The van der Waals surface area contributed by atoms with Gasteiger partial charge in [-0.1, -0.05) is 33.6 Å². The third-order valence-corrected chi connectivity index (χ3v) is 5.02. The summed E-state index contributed by atoms with van der Waals surface area (Å²) in [4.78, 5) is 18.1. The number of halogens is 2. The standard InChI is InChI=1S/C18H14BrClN2O/c19-12-3-1-2-11(8-12)18(23)22-7-6-17-15(10-22)14-9-13(20)4-5-16(14)21-17/h1-5,8-9,21H,6-7,10H2. The summed E-state index contributed by atoms with van der Waals surface area (Å²) in [5, 5.41) is 1.83. The summed E-state index contributed by atoms with van der Waals surface area (Å²) in [7, 11) is 0. The van der Waals surface area contributed by atoms with Gasteiger partial charge in [-0.15, -0.1) is 0 Å². The quantitative estimate of drug-likeness (QED) is 0.638. The minimum atomic E-state index is 0.0633. The molecule has 0 saturated carbocycles. The maximum atomic E-state index is 12.8. The first-order valence-electron chi connectivity index (χ1n) is 7.45. The molecule has 0 spiro atoms. The number of H-pyrrole nitrogens is 1. The Morgan fingerprint density at radius 1 is 1.22 bits per heavy atom. The lowest BCUT2D eigenvalue weighted by Gasteiger charge is -2.27. The molecule has 4 rings (SSSR count). The van der Waals surface area contributed by atoms with E-state index < -0.39 is 0 Å². The van der Waals surface area contributed by atoms with E-state index in [1.165, 1.54) is 11.3 Å². The van der Waals surface area contributed by atoms with Gasteiger partial charge in [0.1, 0.15) is 0 Å². The van der Waals surface area contributed by atoms with E-state index in [0.29, 0.717) is 12.1 Å². The highest BCUT2D eigenvalue weighted by molar-refractivity contribution is 9.10. The van der Waals surface area contributed by atoms with Gasteiger partial charge in [0.25, 0.3) is 5.91 Å². The maximum absolute atomic E-state index is 12.8. The van der Waals surface area contributed by atoms with E-state index in [1.807, 2.05) is 47.4 Å². The smallest absolute Gasteiger partial charge is 0.254 e. The fraction of sp³-hybridized carbons (Fsp3) is 0.167. The zero-order chi connectivity index (χ0) is 16.0. The van der Waals surface area contributed by atoms with Gasteiger partial charge in [0.15, 0.2) is 0 Å². The Balaban J connectivity index is 1.69. The highest BCUT2D eigenvalue weighted by Gasteiger charge is 2.24. The number of nitrogens with zero attached hydrogens (tertiary/aromatic N) is 1. The van der Waals surface area contributed by atoms with Gasteiger partial charge in [-0.05, 0) is 36.4 Å². The summed E-state index contributed by atoms with van der Waals surface area (Å²) in [6.45, 7) is 1.33. The van der Waals surface area contributed by atoms with Gasteiger partial charge >= 0.3 is 0 Å². The van der Waals surface area contributed by atoms with Gasteiger partial charge in [0.2, 0.25) is 0 Å². The Bertz CT molecular complexity index is 919. The van der Waals surface area contributed by atoms with Crippen LogP contribution in [0.2, 0.25) is 5.02 Å². The molecule has 1 aliphatic heterocycles. The van der Waals surface area contributed by atoms with E-state index >= 15 is 0 Å². The number of aromatic nitrogens is 1. The molecule has 3 nitrogen and oxygen atoms in total. The second kappa shape index (κ2) is 5.69. The highest BCUT2D eigenvalue weighted by atomic mass is 79.9. The third kappa shape index (κ3) is 2.66. The van der Waals surface area contributed by atoms with Crippen molar-refractivity contribution >= 4 is 44.3 Å². The summed E-state index contributed by atoms with van der Waals surface area (Å²) in [6.07, 6.45) is 0.835. The zero-order valence-electron chi connectivity index (χ0n) is 12.3. The monoisotopic (exact) mass is 388 g/mol. The molecule has 5 heteroatoms. The van der Waals surface area contributed by atoms with E-state index in [-0.39, 0.29) is 5.91 Å². The fourth-order valence-electron chi connectivity index (χ4n) is 3.16. The minimum absolute atomic E-state index is 0.0633. The second-order valence-corrected chi connectivity index (χ2v) is 7.11. The van der Waals surface area contributed by atoms with Gasteiger partial charge in [-0.3, -0.25) is 4.79 Å². The van der Waals surface area contributed by atoms with Crippen LogP contribution in [0, 0.1) is 0 Å². The first-order valence-corrected chi connectivity index (χ1v) is 8.63. The fourth-order valence-corrected chi connectivity index (χ4v) is 3.74. The topological polar surface area (TPSA) is 36.1 Å². The van der Waals surface area contributed by atoms with Gasteiger partial charge in [-0.25, -0.2) is 0 Å². The van der Waals surface area contributed by atoms with Crippen LogP contribution in [-0.4, -0.2) is 22.3 Å². The van der Waals surface area contributed by atoms with Crippen LogP contribution in [-0.2, 0) is 13.0 Å². The number of hydrogen-bond acceptors (Lipinski definition) is 1. The number of hydrogen-bond donors (Lipinski definition) is 1. The van der Waals surface area contributed by atoms with Crippen molar-refractivity contribution in [3.05, 3.63) is 68.8 Å². The summed E-state index contributed by atoms with van der Waals surface area (Å²) in [5.74, 6) is 0.0633. The first kappa shape index (κ1) is 14.8. The van der Waals surface area contributed by atoms with Crippen LogP contribution in [0.15, 0.2) is 46.9 Å². The van der Waals surface area contributed by atoms with Gasteiger partial charge < -0.3 is 9.88 Å². The molecule has 1 N–H and O–H groups in total. The summed E-state index contributed by atoms with van der Waals surface area (Å²) in [5.41, 5.74) is 4.18. The number of nitrogens with one attached hydrogen (secondary N) is 1. The number of rotatable bonds is 1. The molecular weight excluding hydrogens is 376 g/mol. The number of aromatic amines is 1. The Kier molecular flexibility index (Phi) is 3.66. The molecule has 0 saturated heterocycles. The SMILES string of the molecule is O=C(c1cccc(Br)c1)N1CCc2[nH]c3ccc(Cl)cc3c2C1. The molecule has 0 fully saturated rings. The predicted molar refractivity (Wildman–Crippen MR) is 95.9 cm³/mol. The average Bonchev–Trinajstić information content (AvgIpc) is 2.91. The molecule has 116 valence electrons. The van der Waals surface area contributed by atoms with Crippen molar-refractivity contribution in [1.82, 2.24) is 9.88 Å². The van der Waals surface area contributed by atoms with Crippen molar-refractivity contribution in [3.8, 4) is 0 Å². The number of fused-ring (bicyclic) bond motifs is 3. The Morgan fingerprint density at radius 3 is 2.91 bits per heavy atom. The summed E-state index contributed by atoms with van der Waals surface area (Å²) in [6, 6.07) is 13.4. The molecule has 1 aromatic heterocycles. The van der Waals surface area contributed by atoms with Gasteiger partial charge in [0, 0.05) is 56.7 Å². The first-order chi connectivity index (χ1) is 11.1. The van der Waals surface area contributed by atoms with Crippen LogP contribution < -0.4 is 0 Å². The molecule has 0 bridgehead atoms. The van der Waals surface area contributed by atoms with E-state index in [1.54, 1.807) is 0 Å². The van der Waals surface area contributed by atoms with E-state index in [0.717, 1.165) is 33.4 Å². The van der Waals surface area contributed by atoms with Gasteiger partial charge in [-0.2, -0.15) is 0 Å². The molecule has 3 aromatic rings. The molecule has 0 radical (unpaired) electrons. The van der Waals surface area contributed by atoms with Crippen LogP contribution in [0.5, 0.6) is 0 Å². The number of amides is 1. The lowest BCUT2D eigenvalue weighted by atomic mass is 10.0. The minimum Gasteiger partial charge on any atom is -0.358 e. The molecular formula is C18H14BrClN2O. The number of carbonyl (C=O) groups excluding carboxylic acids is 1. The molecule has 1 aliphatic rings. The Morgan fingerprint density at radius 2 is 2.09 bits per heavy atom. The van der Waals surface area contributed by atoms with Crippen LogP contribution >= 0.6 is 27.5 Å². The molecule has 0 aliphatic carbocycles. The molecule has 23 heavy (non-hydrogen) atoms. The van der Waals surface area contributed by atoms with E-state index in [2.05, 4.69) is 20.9 Å². The lowest BCUT2D eigenvalue weighted by Crippen LogP contribution is -2.35.